The topological polar surface area (TPSA) is 26.3 Å². The number of halogens is 4. The van der Waals surface area contributed by atoms with E-state index in [-0.39, 0.29) is 16.9 Å². The Bertz CT molecular complexity index is 678. The highest BCUT2D eigenvalue weighted by Crippen LogP contribution is 2.30. The maximum absolute atomic E-state index is 14.0. The average molecular weight is 298 g/mol. The lowest BCUT2D eigenvalue weighted by Crippen LogP contribution is -2.09. The first kappa shape index (κ1) is 15.0. The molecule has 0 aliphatic rings. The molecule has 0 bridgehead atoms. The fraction of sp³-hybridized carbons (Fsp3) is 0.133. The molecule has 0 spiro atoms. The Kier molecular flexibility index (Phi) is 3.97. The van der Waals surface area contributed by atoms with E-state index in [1.807, 2.05) is 0 Å². The molecule has 2 nitrogen and oxygen atoms in total. The summed E-state index contributed by atoms with van der Waals surface area (Å²) in [5.74, 6) is -1.88. The molecule has 0 radical (unpaired) electrons. The predicted molar refractivity (Wildman–Crippen MR) is 67.8 cm³/mol. The van der Waals surface area contributed by atoms with Crippen LogP contribution in [0, 0.1) is 5.82 Å². The molecule has 0 aliphatic carbocycles. The van der Waals surface area contributed by atoms with Crippen molar-refractivity contribution in [2.75, 3.05) is 7.11 Å². The normalized spacial score (nSPS) is 11.3. The maximum atomic E-state index is 14.0. The molecule has 0 atom stereocenters. The first-order valence-electron chi connectivity index (χ1n) is 5.89. The second-order valence-electron chi connectivity index (χ2n) is 4.23. The first-order valence-corrected chi connectivity index (χ1v) is 5.89. The van der Waals surface area contributed by atoms with Gasteiger partial charge in [-0.25, -0.2) is 4.39 Å². The summed E-state index contributed by atoms with van der Waals surface area (Å²) < 4.78 is 56.6. The molecule has 6 heteroatoms. The number of ether oxygens (including phenoxy) is 1. The van der Waals surface area contributed by atoms with Gasteiger partial charge in [-0.15, -0.1) is 0 Å². The maximum Gasteiger partial charge on any atom is 0.416 e. The number of hydrogen-bond donors (Lipinski definition) is 0. The van der Waals surface area contributed by atoms with E-state index in [0.29, 0.717) is 6.07 Å². The summed E-state index contributed by atoms with van der Waals surface area (Å²) in [7, 11) is 1.23. The number of rotatable bonds is 3. The fourth-order valence-electron chi connectivity index (χ4n) is 1.84. The number of hydrogen-bond acceptors (Lipinski definition) is 2. The van der Waals surface area contributed by atoms with Gasteiger partial charge in [0.2, 0.25) is 0 Å². The highest BCUT2D eigenvalue weighted by molar-refractivity contribution is 6.09. The number of carbonyl (C=O) groups is 1. The van der Waals surface area contributed by atoms with Crippen LogP contribution in [0.5, 0.6) is 5.75 Å². The van der Waals surface area contributed by atoms with E-state index >= 15 is 0 Å². The van der Waals surface area contributed by atoms with Crippen molar-refractivity contribution in [3.8, 4) is 5.75 Å². The minimum absolute atomic E-state index is 0.146. The minimum Gasteiger partial charge on any atom is -0.494 e. The molecule has 0 saturated carbocycles. The van der Waals surface area contributed by atoms with Gasteiger partial charge < -0.3 is 4.74 Å². The number of alkyl halides is 3. The van der Waals surface area contributed by atoms with Crippen LogP contribution in [0.15, 0.2) is 42.5 Å². The van der Waals surface area contributed by atoms with E-state index in [1.54, 1.807) is 0 Å². The quantitative estimate of drug-likeness (QED) is 0.630. The average Bonchev–Trinajstić information content (AvgIpc) is 2.46. The van der Waals surface area contributed by atoms with Gasteiger partial charge in [0.05, 0.1) is 18.2 Å². The van der Waals surface area contributed by atoms with Crippen molar-refractivity contribution in [3.05, 3.63) is 65.0 Å². The molecule has 0 aromatic heterocycles. The molecular weight excluding hydrogens is 288 g/mol. The minimum atomic E-state index is -4.57. The summed E-state index contributed by atoms with van der Waals surface area (Å²) >= 11 is 0. The third kappa shape index (κ3) is 3.04. The fourth-order valence-corrected chi connectivity index (χ4v) is 1.84. The van der Waals surface area contributed by atoms with Crippen LogP contribution in [0.1, 0.15) is 21.5 Å². The molecule has 2 aromatic rings. The second kappa shape index (κ2) is 5.55. The molecule has 0 aliphatic heterocycles. The van der Waals surface area contributed by atoms with E-state index in [9.17, 15) is 22.4 Å². The monoisotopic (exact) mass is 298 g/mol. The molecule has 2 aromatic carbocycles. The Morgan fingerprint density at radius 2 is 1.76 bits per heavy atom. The SMILES string of the molecule is COc1cccc(C(=O)c2cccc(C(F)(F)F)c2)c1F. The lowest BCUT2D eigenvalue weighted by atomic mass is 10.0. The van der Waals surface area contributed by atoms with Gasteiger partial charge in [0.15, 0.2) is 17.3 Å². The van der Waals surface area contributed by atoms with E-state index < -0.39 is 23.3 Å². The number of methoxy groups -OCH3 is 1. The number of benzene rings is 2. The smallest absolute Gasteiger partial charge is 0.416 e. The Labute approximate surface area is 118 Å². The molecule has 0 unspecified atom stereocenters. The van der Waals surface area contributed by atoms with Crippen molar-refractivity contribution in [1.82, 2.24) is 0 Å². The van der Waals surface area contributed by atoms with Gasteiger partial charge in [-0.1, -0.05) is 18.2 Å². The zero-order valence-electron chi connectivity index (χ0n) is 10.9. The molecule has 0 heterocycles. The molecule has 2 rings (SSSR count). The van der Waals surface area contributed by atoms with E-state index in [2.05, 4.69) is 0 Å². The molecule has 0 fully saturated rings. The van der Waals surface area contributed by atoms with Crippen LogP contribution < -0.4 is 4.74 Å². The molecular formula is C15H10F4O2. The van der Waals surface area contributed by atoms with Crippen molar-refractivity contribution in [2.45, 2.75) is 6.18 Å². The van der Waals surface area contributed by atoms with Crippen molar-refractivity contribution < 1.29 is 27.1 Å². The van der Waals surface area contributed by atoms with Crippen LogP contribution >= 0.6 is 0 Å². The summed E-state index contributed by atoms with van der Waals surface area (Å²) in [5, 5.41) is 0. The summed E-state index contributed by atoms with van der Waals surface area (Å²) in [6.45, 7) is 0. The van der Waals surface area contributed by atoms with Crippen molar-refractivity contribution in [3.63, 3.8) is 0 Å². The lowest BCUT2D eigenvalue weighted by Gasteiger charge is -2.09. The molecule has 0 amide bonds. The van der Waals surface area contributed by atoms with E-state index in [1.165, 1.54) is 31.4 Å². The Balaban J connectivity index is 2.46. The van der Waals surface area contributed by atoms with Gasteiger partial charge >= 0.3 is 6.18 Å². The summed E-state index contributed by atoms with van der Waals surface area (Å²) in [6, 6.07) is 7.76. The Morgan fingerprint density at radius 1 is 1.10 bits per heavy atom. The summed E-state index contributed by atoms with van der Waals surface area (Å²) in [6.07, 6.45) is -4.57. The molecule has 110 valence electrons. The third-order valence-electron chi connectivity index (χ3n) is 2.88. The van der Waals surface area contributed by atoms with Crippen molar-refractivity contribution in [2.24, 2.45) is 0 Å². The van der Waals surface area contributed by atoms with Crippen LogP contribution in [-0.4, -0.2) is 12.9 Å². The number of carbonyl (C=O) groups excluding carboxylic acids is 1. The second-order valence-corrected chi connectivity index (χ2v) is 4.23. The van der Waals surface area contributed by atoms with Crippen LogP contribution in [0.25, 0.3) is 0 Å². The van der Waals surface area contributed by atoms with Gasteiger partial charge in [0.25, 0.3) is 0 Å². The molecule has 0 saturated heterocycles. The van der Waals surface area contributed by atoms with Crippen LogP contribution in [-0.2, 0) is 6.18 Å². The molecule has 0 N–H and O–H groups in total. The largest absolute Gasteiger partial charge is 0.494 e. The van der Waals surface area contributed by atoms with Crippen LogP contribution in [0.4, 0.5) is 17.6 Å². The van der Waals surface area contributed by atoms with E-state index in [0.717, 1.165) is 12.1 Å². The van der Waals surface area contributed by atoms with Gasteiger partial charge in [-0.2, -0.15) is 13.2 Å². The highest BCUT2D eigenvalue weighted by atomic mass is 19.4. The van der Waals surface area contributed by atoms with Crippen LogP contribution in [0.2, 0.25) is 0 Å². The zero-order valence-corrected chi connectivity index (χ0v) is 10.9. The highest BCUT2D eigenvalue weighted by Gasteiger charge is 2.31. The third-order valence-corrected chi connectivity index (χ3v) is 2.88. The van der Waals surface area contributed by atoms with Gasteiger partial charge in [0, 0.05) is 5.56 Å². The van der Waals surface area contributed by atoms with Gasteiger partial charge in [0.1, 0.15) is 0 Å². The first-order chi connectivity index (χ1) is 9.84. The van der Waals surface area contributed by atoms with Crippen molar-refractivity contribution in [1.29, 1.82) is 0 Å². The van der Waals surface area contributed by atoms with E-state index in [4.69, 9.17) is 4.74 Å². The Morgan fingerprint density at radius 3 is 2.38 bits per heavy atom. The summed E-state index contributed by atoms with van der Waals surface area (Å²) in [4.78, 5) is 12.2. The molecule has 21 heavy (non-hydrogen) atoms. The van der Waals surface area contributed by atoms with Crippen molar-refractivity contribution >= 4 is 5.78 Å². The standard InChI is InChI=1S/C15H10F4O2/c1-21-12-7-3-6-11(13(12)16)14(20)9-4-2-5-10(8-9)15(17,18)19/h2-8H,1H3. The van der Waals surface area contributed by atoms with Gasteiger partial charge in [-0.05, 0) is 24.3 Å². The predicted octanol–water partition coefficient (Wildman–Crippen LogP) is 4.08. The zero-order chi connectivity index (χ0) is 15.6. The van der Waals surface area contributed by atoms with Gasteiger partial charge in [-0.3, -0.25) is 4.79 Å². The Hall–Kier alpha value is -2.37. The number of ketones is 1. The van der Waals surface area contributed by atoms with Crippen LogP contribution in [0.3, 0.4) is 0 Å². The lowest BCUT2D eigenvalue weighted by molar-refractivity contribution is -0.137. The summed E-state index contributed by atoms with van der Waals surface area (Å²) in [5.41, 5.74) is -1.54.